The minimum absolute atomic E-state index is 0.186. The number of hydrogen-bond acceptors (Lipinski definition) is 3. The average molecular weight is 340 g/mol. The molecule has 1 aliphatic rings. The van der Waals surface area contributed by atoms with Crippen molar-refractivity contribution in [3.63, 3.8) is 0 Å². The molecule has 2 unspecified atom stereocenters. The molecule has 0 saturated carbocycles. The summed E-state index contributed by atoms with van der Waals surface area (Å²) in [7, 11) is 4.43. The summed E-state index contributed by atoms with van der Waals surface area (Å²) in [5.74, 6) is 0. The Morgan fingerprint density at radius 3 is 2.85 bits per heavy atom. The maximum atomic E-state index is 5.99. The third kappa shape index (κ3) is 3.96. The summed E-state index contributed by atoms with van der Waals surface area (Å²) in [4.78, 5) is 4.86. The van der Waals surface area contributed by atoms with Crippen LogP contribution in [0, 0.1) is 0 Å². The number of likely N-dealkylation sites (N-methyl/N-ethyl adjacent to an activating group) is 2. The van der Waals surface area contributed by atoms with Crippen molar-refractivity contribution < 1.29 is 0 Å². The van der Waals surface area contributed by atoms with E-state index in [9.17, 15) is 0 Å². The highest BCUT2D eigenvalue weighted by Crippen LogP contribution is 2.26. The first-order valence-corrected chi connectivity index (χ1v) is 8.22. The molecule has 2 N–H and O–H groups in total. The van der Waals surface area contributed by atoms with Crippen LogP contribution in [0.5, 0.6) is 0 Å². The van der Waals surface area contributed by atoms with Gasteiger partial charge in [-0.3, -0.25) is 0 Å². The van der Waals surface area contributed by atoms with Crippen LogP contribution in [0.2, 0.25) is 0 Å². The van der Waals surface area contributed by atoms with Crippen molar-refractivity contribution in [1.29, 1.82) is 0 Å². The molecule has 2 atom stereocenters. The van der Waals surface area contributed by atoms with E-state index in [1.54, 1.807) is 0 Å². The normalized spacial score (nSPS) is 21.1. The van der Waals surface area contributed by atoms with Crippen molar-refractivity contribution in [2.45, 2.75) is 38.3 Å². The molecule has 1 saturated heterocycles. The fraction of sp³-hybridized carbons (Fsp3) is 0.625. The van der Waals surface area contributed by atoms with Gasteiger partial charge in [-0.1, -0.05) is 15.9 Å². The number of rotatable bonds is 5. The van der Waals surface area contributed by atoms with E-state index in [-0.39, 0.29) is 6.04 Å². The van der Waals surface area contributed by atoms with Crippen molar-refractivity contribution in [3.05, 3.63) is 28.2 Å². The largest absolute Gasteiger partial charge is 0.373 e. The van der Waals surface area contributed by atoms with Crippen LogP contribution in [0.1, 0.15) is 25.3 Å². The van der Waals surface area contributed by atoms with Gasteiger partial charge in [0.2, 0.25) is 0 Å². The predicted molar refractivity (Wildman–Crippen MR) is 90.4 cm³/mol. The molecule has 0 aliphatic carbocycles. The Bertz CT molecular complexity index is 447. The summed E-state index contributed by atoms with van der Waals surface area (Å²) in [6.07, 6.45) is 3.54. The fourth-order valence-electron chi connectivity index (χ4n) is 3.06. The lowest BCUT2D eigenvalue weighted by Gasteiger charge is -2.29. The molecule has 1 aliphatic heterocycles. The van der Waals surface area contributed by atoms with E-state index >= 15 is 0 Å². The monoisotopic (exact) mass is 339 g/mol. The molecule has 4 heteroatoms. The first kappa shape index (κ1) is 15.8. The average Bonchev–Trinajstić information content (AvgIpc) is 2.74. The van der Waals surface area contributed by atoms with E-state index in [2.05, 4.69) is 64.9 Å². The van der Waals surface area contributed by atoms with Gasteiger partial charge >= 0.3 is 0 Å². The Balaban J connectivity index is 2.13. The van der Waals surface area contributed by atoms with Crippen molar-refractivity contribution in [3.8, 4) is 0 Å². The molecule has 1 aromatic carbocycles. The molecule has 112 valence electrons. The van der Waals surface area contributed by atoms with Crippen LogP contribution in [-0.2, 0) is 6.42 Å². The Morgan fingerprint density at radius 2 is 2.25 bits per heavy atom. The van der Waals surface area contributed by atoms with Gasteiger partial charge in [0.1, 0.15) is 0 Å². The Morgan fingerprint density at radius 1 is 1.50 bits per heavy atom. The fourth-order valence-corrected chi connectivity index (χ4v) is 3.47. The van der Waals surface area contributed by atoms with E-state index in [0.717, 1.165) is 17.4 Å². The first-order chi connectivity index (χ1) is 9.47. The Kier molecular flexibility index (Phi) is 5.47. The number of nitrogens with zero attached hydrogens (tertiary/aromatic N) is 2. The van der Waals surface area contributed by atoms with Crippen LogP contribution in [-0.4, -0.2) is 44.2 Å². The van der Waals surface area contributed by atoms with E-state index in [0.29, 0.717) is 6.04 Å². The van der Waals surface area contributed by atoms with Gasteiger partial charge in [-0.25, -0.2) is 0 Å². The van der Waals surface area contributed by atoms with Crippen LogP contribution >= 0.6 is 15.9 Å². The van der Waals surface area contributed by atoms with Gasteiger partial charge in [0.25, 0.3) is 0 Å². The lowest BCUT2D eigenvalue weighted by Crippen LogP contribution is -2.37. The number of nitrogens with two attached hydrogens (primary N) is 1. The maximum Gasteiger partial charge on any atom is 0.0398 e. The highest BCUT2D eigenvalue weighted by molar-refractivity contribution is 9.10. The molecule has 0 radical (unpaired) electrons. The van der Waals surface area contributed by atoms with Crippen LogP contribution in [0.25, 0.3) is 0 Å². The van der Waals surface area contributed by atoms with Crippen molar-refractivity contribution >= 4 is 21.6 Å². The zero-order chi connectivity index (χ0) is 14.7. The van der Waals surface area contributed by atoms with Crippen LogP contribution in [0.3, 0.4) is 0 Å². The summed E-state index contributed by atoms with van der Waals surface area (Å²) in [6, 6.07) is 7.39. The second-order valence-electron chi connectivity index (χ2n) is 6.11. The molecule has 1 heterocycles. The van der Waals surface area contributed by atoms with Crippen LogP contribution < -0.4 is 10.6 Å². The SMILES string of the molecule is CC(N)Cc1cc(Br)ccc1N(C)CC1CCCN1C. The maximum absolute atomic E-state index is 5.99. The zero-order valence-electron chi connectivity index (χ0n) is 12.8. The Hall–Kier alpha value is -0.580. The molecule has 0 spiro atoms. The summed E-state index contributed by atoms with van der Waals surface area (Å²) >= 11 is 3.57. The number of hydrogen-bond donors (Lipinski definition) is 1. The molecule has 2 rings (SSSR count). The number of likely N-dealkylation sites (tertiary alicyclic amines) is 1. The molecule has 0 bridgehead atoms. The Labute approximate surface area is 131 Å². The predicted octanol–water partition coefficient (Wildman–Crippen LogP) is 2.87. The number of benzene rings is 1. The van der Waals surface area contributed by atoms with E-state index in [4.69, 9.17) is 5.73 Å². The van der Waals surface area contributed by atoms with Gasteiger partial charge in [0.15, 0.2) is 0 Å². The summed E-state index contributed by atoms with van der Waals surface area (Å²) in [6.45, 7) is 4.38. The molecule has 0 amide bonds. The van der Waals surface area contributed by atoms with Gasteiger partial charge in [-0.2, -0.15) is 0 Å². The minimum Gasteiger partial charge on any atom is -0.373 e. The standard InChI is InChI=1S/C16H26BrN3/c1-12(18)9-13-10-14(17)6-7-16(13)20(3)11-15-5-4-8-19(15)2/h6-7,10,12,15H,4-5,8-9,11,18H2,1-3H3. The second-order valence-corrected chi connectivity index (χ2v) is 7.03. The second kappa shape index (κ2) is 6.92. The van der Waals surface area contributed by atoms with Crippen molar-refractivity contribution in [2.24, 2.45) is 5.73 Å². The first-order valence-electron chi connectivity index (χ1n) is 7.42. The molecule has 1 aromatic rings. The number of halogens is 1. The zero-order valence-corrected chi connectivity index (χ0v) is 14.4. The molecular formula is C16H26BrN3. The van der Waals surface area contributed by atoms with E-state index in [1.807, 2.05) is 0 Å². The van der Waals surface area contributed by atoms with Crippen LogP contribution in [0.15, 0.2) is 22.7 Å². The third-order valence-electron chi connectivity index (χ3n) is 4.15. The highest BCUT2D eigenvalue weighted by Gasteiger charge is 2.23. The summed E-state index contributed by atoms with van der Waals surface area (Å²) in [5.41, 5.74) is 8.63. The van der Waals surface area contributed by atoms with E-state index in [1.165, 1.54) is 30.6 Å². The van der Waals surface area contributed by atoms with Gasteiger partial charge in [-0.15, -0.1) is 0 Å². The smallest absolute Gasteiger partial charge is 0.0398 e. The lowest BCUT2D eigenvalue weighted by molar-refractivity contribution is 0.314. The number of anilines is 1. The van der Waals surface area contributed by atoms with E-state index < -0.39 is 0 Å². The summed E-state index contributed by atoms with van der Waals surface area (Å²) in [5, 5.41) is 0. The van der Waals surface area contributed by atoms with Gasteiger partial charge in [-0.05, 0) is 63.5 Å². The molecule has 20 heavy (non-hydrogen) atoms. The van der Waals surface area contributed by atoms with Gasteiger partial charge < -0.3 is 15.5 Å². The van der Waals surface area contributed by atoms with Crippen molar-refractivity contribution in [2.75, 3.05) is 32.1 Å². The van der Waals surface area contributed by atoms with Crippen LogP contribution in [0.4, 0.5) is 5.69 Å². The molecule has 3 nitrogen and oxygen atoms in total. The highest BCUT2D eigenvalue weighted by atomic mass is 79.9. The minimum atomic E-state index is 0.186. The molecular weight excluding hydrogens is 314 g/mol. The topological polar surface area (TPSA) is 32.5 Å². The molecule has 1 fully saturated rings. The quantitative estimate of drug-likeness (QED) is 0.895. The lowest BCUT2D eigenvalue weighted by atomic mass is 10.0. The van der Waals surface area contributed by atoms with Gasteiger partial charge in [0, 0.05) is 35.8 Å². The van der Waals surface area contributed by atoms with Gasteiger partial charge in [0.05, 0.1) is 0 Å². The third-order valence-corrected chi connectivity index (χ3v) is 4.64. The molecule has 0 aromatic heterocycles. The summed E-state index contributed by atoms with van der Waals surface area (Å²) < 4.78 is 1.13. The van der Waals surface area contributed by atoms with Crippen molar-refractivity contribution in [1.82, 2.24) is 4.90 Å².